The molecular weight excluding hydrogens is 366 g/mol. The molecule has 0 aliphatic carbocycles. The third-order valence-electron chi connectivity index (χ3n) is 5.85. The lowest BCUT2D eigenvalue weighted by molar-refractivity contribution is -0.00712. The Bertz CT molecular complexity index is 901. The number of carbonyl (C=O) groups excluding carboxylic acids is 1. The molecule has 2 aromatic heterocycles. The molecule has 156 valence electrons. The molecule has 2 aromatic rings. The number of carbonyl (C=O) groups is 1. The number of hydrogen-bond donors (Lipinski definition) is 1. The van der Waals surface area contributed by atoms with E-state index < -0.39 is 0 Å². The molecule has 4 rings (SSSR count). The Morgan fingerprint density at radius 1 is 1.28 bits per heavy atom. The molecule has 1 saturated heterocycles. The molecule has 2 aliphatic rings. The zero-order valence-corrected chi connectivity index (χ0v) is 17.9. The molecule has 4 heterocycles. The summed E-state index contributed by atoms with van der Waals surface area (Å²) in [6.07, 6.45) is 3.11. The van der Waals surface area contributed by atoms with Crippen LogP contribution in [0.3, 0.4) is 0 Å². The van der Waals surface area contributed by atoms with Gasteiger partial charge in [-0.15, -0.1) is 0 Å². The average Bonchev–Trinajstić information content (AvgIpc) is 3.34. The van der Waals surface area contributed by atoms with Crippen molar-refractivity contribution in [1.82, 2.24) is 20.1 Å². The van der Waals surface area contributed by atoms with Gasteiger partial charge in [-0.1, -0.05) is 6.07 Å². The van der Waals surface area contributed by atoms with Crippen LogP contribution in [-0.4, -0.2) is 39.9 Å². The van der Waals surface area contributed by atoms with Crippen molar-refractivity contribution in [2.75, 3.05) is 18.0 Å². The monoisotopic (exact) mass is 397 g/mol. The minimum Gasteiger partial charge on any atom is -0.369 e. The summed E-state index contributed by atoms with van der Waals surface area (Å²) in [5, 5.41) is 7.80. The Labute approximate surface area is 172 Å². The summed E-state index contributed by atoms with van der Waals surface area (Å²) < 4.78 is 7.71. The number of hydrogen-bond acceptors (Lipinski definition) is 5. The maximum atomic E-state index is 13.2. The summed E-state index contributed by atoms with van der Waals surface area (Å²) in [6, 6.07) is 4.10. The normalized spacial score (nSPS) is 21.3. The predicted octanol–water partition coefficient (Wildman–Crippen LogP) is 3.16. The molecule has 0 bridgehead atoms. The summed E-state index contributed by atoms with van der Waals surface area (Å²) >= 11 is 0. The molecule has 1 N–H and O–H groups in total. The fourth-order valence-electron chi connectivity index (χ4n) is 4.45. The molecule has 2 aliphatic heterocycles. The second-order valence-corrected chi connectivity index (χ2v) is 8.13. The number of ether oxygens (including phenoxy) is 1. The van der Waals surface area contributed by atoms with E-state index in [1.54, 1.807) is 0 Å². The molecule has 0 unspecified atom stereocenters. The van der Waals surface area contributed by atoms with Gasteiger partial charge in [0, 0.05) is 49.4 Å². The number of aromatic nitrogens is 3. The summed E-state index contributed by atoms with van der Waals surface area (Å²) in [5.74, 6) is 0.930. The minimum atomic E-state index is -0.0869. The van der Waals surface area contributed by atoms with Crippen molar-refractivity contribution < 1.29 is 9.53 Å². The molecule has 0 saturated carbocycles. The number of amides is 1. The van der Waals surface area contributed by atoms with Crippen LogP contribution in [0.15, 0.2) is 12.1 Å². The van der Waals surface area contributed by atoms with Gasteiger partial charge in [0.25, 0.3) is 5.91 Å². The first-order valence-corrected chi connectivity index (χ1v) is 10.7. The third kappa shape index (κ3) is 3.88. The van der Waals surface area contributed by atoms with Crippen molar-refractivity contribution in [3.8, 4) is 0 Å². The molecule has 0 spiro atoms. The first-order valence-electron chi connectivity index (χ1n) is 10.7. The van der Waals surface area contributed by atoms with Crippen LogP contribution in [-0.2, 0) is 24.2 Å². The smallest absolute Gasteiger partial charge is 0.270 e. The van der Waals surface area contributed by atoms with E-state index in [1.807, 2.05) is 38.4 Å². The summed E-state index contributed by atoms with van der Waals surface area (Å²) in [5.41, 5.74) is 4.66. The fraction of sp³-hybridized carbons (Fsp3) is 0.591. The maximum absolute atomic E-state index is 13.2. The SMILES string of the molecule is CCn1nc2c(c1C(=O)NCc1ccc(C)nc1N1CCCC1)C[C@H](C)O[C@@H]2C. The van der Waals surface area contributed by atoms with Crippen molar-refractivity contribution in [2.45, 2.75) is 72.3 Å². The van der Waals surface area contributed by atoms with Gasteiger partial charge >= 0.3 is 0 Å². The summed E-state index contributed by atoms with van der Waals surface area (Å²) in [4.78, 5) is 20.3. The Balaban J connectivity index is 1.57. The van der Waals surface area contributed by atoms with Crippen LogP contribution in [0.1, 0.15) is 72.7 Å². The maximum Gasteiger partial charge on any atom is 0.270 e. The van der Waals surface area contributed by atoms with E-state index in [2.05, 4.69) is 21.4 Å². The van der Waals surface area contributed by atoms with Gasteiger partial charge in [-0.25, -0.2) is 4.98 Å². The van der Waals surface area contributed by atoms with Gasteiger partial charge in [-0.05, 0) is 46.6 Å². The minimum absolute atomic E-state index is 0.0742. The van der Waals surface area contributed by atoms with E-state index >= 15 is 0 Å². The standard InChI is InChI=1S/C22H31N5O2/c1-5-27-20(18-12-15(3)29-16(4)19(18)25-27)22(28)23-13-17-9-8-14(2)24-21(17)26-10-6-7-11-26/h8-9,15-16H,5-7,10-13H2,1-4H3,(H,23,28)/t15-,16+/m0/s1. The van der Waals surface area contributed by atoms with Crippen LogP contribution >= 0.6 is 0 Å². The van der Waals surface area contributed by atoms with Crippen LogP contribution in [0.4, 0.5) is 5.82 Å². The fourth-order valence-corrected chi connectivity index (χ4v) is 4.45. The van der Waals surface area contributed by atoms with Crippen LogP contribution in [0.2, 0.25) is 0 Å². The van der Waals surface area contributed by atoms with E-state index in [9.17, 15) is 4.79 Å². The number of fused-ring (bicyclic) bond motifs is 1. The molecule has 29 heavy (non-hydrogen) atoms. The zero-order valence-electron chi connectivity index (χ0n) is 17.9. The van der Waals surface area contributed by atoms with Gasteiger partial charge in [-0.2, -0.15) is 5.10 Å². The lowest BCUT2D eigenvalue weighted by atomic mass is 9.99. The summed E-state index contributed by atoms with van der Waals surface area (Å²) in [7, 11) is 0. The third-order valence-corrected chi connectivity index (χ3v) is 5.85. The number of nitrogens with zero attached hydrogens (tertiary/aromatic N) is 4. The van der Waals surface area contributed by atoms with Crippen molar-refractivity contribution in [2.24, 2.45) is 0 Å². The van der Waals surface area contributed by atoms with Crippen LogP contribution in [0.25, 0.3) is 0 Å². The molecule has 2 atom stereocenters. The van der Waals surface area contributed by atoms with Crippen molar-refractivity contribution >= 4 is 11.7 Å². The lowest BCUT2D eigenvalue weighted by Gasteiger charge is -2.24. The highest BCUT2D eigenvalue weighted by molar-refractivity contribution is 5.94. The average molecular weight is 398 g/mol. The Morgan fingerprint density at radius 3 is 2.76 bits per heavy atom. The molecular formula is C22H31N5O2. The first kappa shape index (κ1) is 19.9. The number of anilines is 1. The van der Waals surface area contributed by atoms with Gasteiger partial charge in [-0.3, -0.25) is 9.48 Å². The topological polar surface area (TPSA) is 72.3 Å². The summed E-state index contributed by atoms with van der Waals surface area (Å²) in [6.45, 7) is 11.3. The van der Waals surface area contributed by atoms with Gasteiger partial charge in [0.2, 0.25) is 0 Å². The van der Waals surface area contributed by atoms with E-state index in [-0.39, 0.29) is 18.1 Å². The first-order chi connectivity index (χ1) is 14.0. The van der Waals surface area contributed by atoms with Gasteiger partial charge < -0.3 is 15.0 Å². The second kappa shape index (κ2) is 8.14. The number of rotatable bonds is 5. The zero-order chi connectivity index (χ0) is 20.5. The highest BCUT2D eigenvalue weighted by atomic mass is 16.5. The Morgan fingerprint density at radius 2 is 2.03 bits per heavy atom. The van der Waals surface area contributed by atoms with Crippen LogP contribution in [0, 0.1) is 6.92 Å². The molecule has 7 heteroatoms. The number of nitrogens with one attached hydrogen (secondary N) is 1. The Kier molecular flexibility index (Phi) is 5.58. The molecule has 0 aromatic carbocycles. The van der Waals surface area contributed by atoms with Crippen LogP contribution in [0.5, 0.6) is 0 Å². The van der Waals surface area contributed by atoms with E-state index in [1.165, 1.54) is 12.8 Å². The van der Waals surface area contributed by atoms with Gasteiger partial charge in [0.1, 0.15) is 11.5 Å². The van der Waals surface area contributed by atoms with E-state index in [4.69, 9.17) is 9.72 Å². The largest absolute Gasteiger partial charge is 0.369 e. The molecule has 1 amide bonds. The van der Waals surface area contributed by atoms with E-state index in [0.29, 0.717) is 25.2 Å². The van der Waals surface area contributed by atoms with Gasteiger partial charge in [0.05, 0.1) is 17.9 Å². The van der Waals surface area contributed by atoms with Crippen molar-refractivity contribution in [1.29, 1.82) is 0 Å². The number of pyridine rings is 1. The van der Waals surface area contributed by atoms with Crippen molar-refractivity contribution in [3.63, 3.8) is 0 Å². The highest BCUT2D eigenvalue weighted by Crippen LogP contribution is 2.31. The molecule has 7 nitrogen and oxygen atoms in total. The number of aryl methyl sites for hydroxylation is 2. The predicted molar refractivity (Wildman–Crippen MR) is 112 cm³/mol. The van der Waals surface area contributed by atoms with Gasteiger partial charge in [0.15, 0.2) is 0 Å². The van der Waals surface area contributed by atoms with Crippen LogP contribution < -0.4 is 10.2 Å². The molecule has 1 fully saturated rings. The van der Waals surface area contributed by atoms with E-state index in [0.717, 1.165) is 41.4 Å². The second-order valence-electron chi connectivity index (χ2n) is 8.13. The Hall–Kier alpha value is -2.41. The lowest BCUT2D eigenvalue weighted by Crippen LogP contribution is -2.30. The highest BCUT2D eigenvalue weighted by Gasteiger charge is 2.31. The van der Waals surface area contributed by atoms with Crippen molar-refractivity contribution in [3.05, 3.63) is 40.3 Å². The quantitative estimate of drug-likeness (QED) is 0.839. The molecule has 0 radical (unpaired) electrons.